The summed E-state index contributed by atoms with van der Waals surface area (Å²) in [4.78, 5) is 31.3. The lowest BCUT2D eigenvalue weighted by atomic mass is 10.1. The zero-order valence-corrected chi connectivity index (χ0v) is 18.6. The molecule has 0 aliphatic heterocycles. The van der Waals surface area contributed by atoms with Gasteiger partial charge in [0.1, 0.15) is 16.6 Å². The number of fused-ring (bicyclic) bond motifs is 1. The molecule has 0 saturated heterocycles. The van der Waals surface area contributed by atoms with E-state index in [1.165, 1.54) is 22.2 Å². The Morgan fingerprint density at radius 2 is 1.90 bits per heavy atom. The second-order valence-electron chi connectivity index (χ2n) is 7.50. The Balaban J connectivity index is 1.69. The normalized spacial score (nSPS) is 12.0. The Morgan fingerprint density at radius 3 is 2.58 bits per heavy atom. The van der Waals surface area contributed by atoms with Crippen LogP contribution in [0.2, 0.25) is 0 Å². The number of methoxy groups -OCH3 is 1. The summed E-state index contributed by atoms with van der Waals surface area (Å²) in [5.74, 6) is 0.479. The van der Waals surface area contributed by atoms with E-state index >= 15 is 0 Å². The SMILES string of the molecule is COc1ccc(-c2csc3ncn([C@H](C)C(=O)Nc4ccc(C)cc4C)c(=O)c23)cc1. The standard InChI is InChI=1S/C24H23N3O3S/c1-14-5-10-20(15(2)11-14)26-22(28)16(3)27-13-25-23-21(24(27)29)19(12-31-23)17-6-8-18(30-4)9-7-17/h5-13,16H,1-4H3,(H,26,28)/t16-/m1/s1. The van der Waals surface area contributed by atoms with Gasteiger partial charge in [-0.1, -0.05) is 29.8 Å². The molecule has 1 N–H and O–H groups in total. The van der Waals surface area contributed by atoms with Crippen molar-refractivity contribution in [2.24, 2.45) is 0 Å². The van der Waals surface area contributed by atoms with Crippen molar-refractivity contribution >= 4 is 33.1 Å². The van der Waals surface area contributed by atoms with Crippen molar-refractivity contribution in [1.82, 2.24) is 9.55 Å². The molecule has 1 amide bonds. The summed E-state index contributed by atoms with van der Waals surface area (Å²) >= 11 is 1.41. The molecule has 0 aliphatic carbocycles. The van der Waals surface area contributed by atoms with Crippen LogP contribution in [0.1, 0.15) is 24.1 Å². The lowest BCUT2D eigenvalue weighted by Crippen LogP contribution is -2.31. The fraction of sp³-hybridized carbons (Fsp3) is 0.208. The van der Waals surface area contributed by atoms with Crippen LogP contribution in [0, 0.1) is 13.8 Å². The van der Waals surface area contributed by atoms with Gasteiger partial charge in [-0.15, -0.1) is 11.3 Å². The van der Waals surface area contributed by atoms with E-state index in [0.717, 1.165) is 33.7 Å². The molecule has 0 unspecified atom stereocenters. The zero-order chi connectivity index (χ0) is 22.1. The number of ether oxygens (including phenoxy) is 1. The van der Waals surface area contributed by atoms with Gasteiger partial charge in [-0.05, 0) is 50.1 Å². The van der Waals surface area contributed by atoms with Crippen LogP contribution in [0.3, 0.4) is 0 Å². The number of carbonyl (C=O) groups is 1. The molecule has 0 radical (unpaired) electrons. The van der Waals surface area contributed by atoms with Crippen molar-refractivity contribution in [2.75, 3.05) is 12.4 Å². The monoisotopic (exact) mass is 433 g/mol. The molecule has 1 atom stereocenters. The van der Waals surface area contributed by atoms with Gasteiger partial charge in [0.05, 0.1) is 18.8 Å². The average Bonchev–Trinajstić information content (AvgIpc) is 3.20. The van der Waals surface area contributed by atoms with Crippen molar-refractivity contribution in [3.8, 4) is 16.9 Å². The Labute approximate surface area is 184 Å². The Kier molecular flexibility index (Phi) is 5.61. The summed E-state index contributed by atoms with van der Waals surface area (Å²) in [5, 5.41) is 5.37. The highest BCUT2D eigenvalue weighted by molar-refractivity contribution is 7.17. The lowest BCUT2D eigenvalue weighted by molar-refractivity contribution is -0.118. The smallest absolute Gasteiger partial charge is 0.263 e. The predicted molar refractivity (Wildman–Crippen MR) is 125 cm³/mol. The van der Waals surface area contributed by atoms with E-state index in [1.807, 2.05) is 61.7 Å². The van der Waals surface area contributed by atoms with Crippen LogP contribution in [0.15, 0.2) is 59.0 Å². The van der Waals surface area contributed by atoms with E-state index in [9.17, 15) is 9.59 Å². The van der Waals surface area contributed by atoms with Gasteiger partial charge >= 0.3 is 0 Å². The summed E-state index contributed by atoms with van der Waals surface area (Å²) in [6.45, 7) is 5.65. The first-order chi connectivity index (χ1) is 14.9. The van der Waals surface area contributed by atoms with Crippen molar-refractivity contribution in [2.45, 2.75) is 26.8 Å². The fourth-order valence-electron chi connectivity index (χ4n) is 3.52. The number of aryl methyl sites for hydroxylation is 2. The van der Waals surface area contributed by atoms with Crippen molar-refractivity contribution in [1.29, 1.82) is 0 Å². The second kappa shape index (κ2) is 8.35. The van der Waals surface area contributed by atoms with E-state index in [1.54, 1.807) is 14.0 Å². The minimum Gasteiger partial charge on any atom is -0.497 e. The van der Waals surface area contributed by atoms with Gasteiger partial charge in [0.15, 0.2) is 0 Å². The highest BCUT2D eigenvalue weighted by Crippen LogP contribution is 2.32. The molecule has 2 aromatic heterocycles. The van der Waals surface area contributed by atoms with Gasteiger partial charge < -0.3 is 10.1 Å². The Hall–Kier alpha value is -3.45. The third-order valence-corrected chi connectivity index (χ3v) is 6.24. The van der Waals surface area contributed by atoms with Crippen molar-refractivity contribution in [3.05, 3.63) is 75.7 Å². The second-order valence-corrected chi connectivity index (χ2v) is 8.36. The molecule has 7 heteroatoms. The molecule has 6 nitrogen and oxygen atoms in total. The molecule has 0 aliphatic rings. The summed E-state index contributed by atoms with van der Waals surface area (Å²) in [6.07, 6.45) is 1.45. The van der Waals surface area contributed by atoms with E-state index in [4.69, 9.17) is 4.74 Å². The summed E-state index contributed by atoms with van der Waals surface area (Å²) in [7, 11) is 1.61. The third-order valence-electron chi connectivity index (χ3n) is 5.36. The minimum atomic E-state index is -0.714. The van der Waals surface area contributed by atoms with Crippen LogP contribution in [0.5, 0.6) is 5.75 Å². The molecule has 4 aromatic rings. The molecular formula is C24H23N3O3S. The van der Waals surface area contributed by atoms with Gasteiger partial charge in [0, 0.05) is 16.6 Å². The number of nitrogens with one attached hydrogen (secondary N) is 1. The largest absolute Gasteiger partial charge is 0.497 e. The van der Waals surface area contributed by atoms with Crippen LogP contribution in [0.4, 0.5) is 5.69 Å². The van der Waals surface area contributed by atoms with Crippen molar-refractivity contribution in [3.63, 3.8) is 0 Å². The molecule has 2 heterocycles. The van der Waals surface area contributed by atoms with Crippen LogP contribution in [0.25, 0.3) is 21.3 Å². The number of rotatable bonds is 5. The first kappa shape index (κ1) is 20.8. The number of anilines is 1. The molecule has 158 valence electrons. The fourth-order valence-corrected chi connectivity index (χ4v) is 4.43. The highest BCUT2D eigenvalue weighted by Gasteiger charge is 2.21. The van der Waals surface area contributed by atoms with Gasteiger partial charge in [0.25, 0.3) is 5.56 Å². The number of hydrogen-bond acceptors (Lipinski definition) is 5. The number of hydrogen-bond donors (Lipinski definition) is 1. The summed E-state index contributed by atoms with van der Waals surface area (Å²) in [5.41, 5.74) is 4.30. The number of benzene rings is 2. The molecule has 2 aromatic carbocycles. The lowest BCUT2D eigenvalue weighted by Gasteiger charge is -2.16. The molecule has 0 fully saturated rings. The maximum Gasteiger partial charge on any atom is 0.263 e. The quantitative estimate of drug-likeness (QED) is 0.483. The van der Waals surface area contributed by atoms with Crippen LogP contribution in [-0.2, 0) is 4.79 Å². The molecule has 0 saturated carbocycles. The number of amides is 1. The van der Waals surface area contributed by atoms with Crippen LogP contribution >= 0.6 is 11.3 Å². The maximum atomic E-state index is 13.3. The summed E-state index contributed by atoms with van der Waals surface area (Å²) in [6, 6.07) is 12.6. The van der Waals surface area contributed by atoms with E-state index in [2.05, 4.69) is 10.3 Å². The van der Waals surface area contributed by atoms with E-state index in [-0.39, 0.29) is 11.5 Å². The van der Waals surface area contributed by atoms with E-state index in [0.29, 0.717) is 10.2 Å². The third kappa shape index (κ3) is 3.96. The number of aromatic nitrogens is 2. The molecule has 31 heavy (non-hydrogen) atoms. The topological polar surface area (TPSA) is 73.2 Å². The minimum absolute atomic E-state index is 0.236. The first-order valence-electron chi connectivity index (χ1n) is 9.90. The number of thiophene rings is 1. The van der Waals surface area contributed by atoms with Crippen molar-refractivity contribution < 1.29 is 9.53 Å². The Morgan fingerprint density at radius 1 is 1.16 bits per heavy atom. The van der Waals surface area contributed by atoms with Gasteiger partial charge in [-0.25, -0.2) is 4.98 Å². The molecule has 0 bridgehead atoms. The van der Waals surface area contributed by atoms with Gasteiger partial charge in [-0.2, -0.15) is 0 Å². The first-order valence-corrected chi connectivity index (χ1v) is 10.8. The number of carbonyl (C=O) groups excluding carboxylic acids is 1. The maximum absolute atomic E-state index is 13.3. The van der Waals surface area contributed by atoms with Crippen LogP contribution < -0.4 is 15.6 Å². The zero-order valence-electron chi connectivity index (χ0n) is 17.8. The summed E-state index contributed by atoms with van der Waals surface area (Å²) < 4.78 is 6.61. The highest BCUT2D eigenvalue weighted by atomic mass is 32.1. The molecule has 0 spiro atoms. The van der Waals surface area contributed by atoms with Crippen LogP contribution in [-0.4, -0.2) is 22.6 Å². The predicted octanol–water partition coefficient (Wildman–Crippen LogP) is 4.95. The van der Waals surface area contributed by atoms with Gasteiger partial charge in [-0.3, -0.25) is 14.2 Å². The average molecular weight is 434 g/mol. The van der Waals surface area contributed by atoms with E-state index < -0.39 is 6.04 Å². The molecular weight excluding hydrogens is 410 g/mol. The molecule has 4 rings (SSSR count). The number of nitrogens with zero attached hydrogens (tertiary/aromatic N) is 2. The van der Waals surface area contributed by atoms with Gasteiger partial charge in [0.2, 0.25) is 5.91 Å². The Bertz CT molecular complexity index is 1320.